The Bertz CT molecular complexity index is 577. The molecule has 2 fully saturated rings. The fourth-order valence-electron chi connectivity index (χ4n) is 2.76. The van der Waals surface area contributed by atoms with Gasteiger partial charge in [0.2, 0.25) is 0 Å². The largest absolute Gasteiger partial charge is 0.501 e. The second kappa shape index (κ2) is 6.66. The molecule has 2 saturated heterocycles. The monoisotopic (exact) mass is 366 g/mol. The molecule has 0 saturated carbocycles. The summed E-state index contributed by atoms with van der Waals surface area (Å²) in [7, 11) is -1.50. The third-order valence-corrected chi connectivity index (χ3v) is 6.02. The number of ether oxygens (including phenoxy) is 1. The van der Waals surface area contributed by atoms with E-state index in [1.54, 1.807) is 13.8 Å². The van der Waals surface area contributed by atoms with Crippen LogP contribution in [0, 0.1) is 0 Å². The SMILES string of the molecule is CCOC(=O)/C(B1OC(C)(C)C(C)(C)O1)=C(\C)B1OC(C)(C)C(C)(C)O1. The van der Waals surface area contributed by atoms with Gasteiger partial charge in [0.1, 0.15) is 0 Å². The van der Waals surface area contributed by atoms with E-state index in [1.165, 1.54) is 0 Å². The highest BCUT2D eigenvalue weighted by molar-refractivity contribution is 6.67. The molecule has 2 heterocycles. The average molecular weight is 366 g/mol. The zero-order valence-electron chi connectivity index (χ0n) is 17.8. The van der Waals surface area contributed by atoms with Crippen LogP contribution in [0.4, 0.5) is 0 Å². The lowest BCUT2D eigenvalue weighted by molar-refractivity contribution is -0.138. The minimum absolute atomic E-state index is 0.262. The van der Waals surface area contributed by atoms with Crippen LogP contribution in [0.5, 0.6) is 0 Å². The first kappa shape index (κ1) is 21.5. The summed E-state index contributed by atoms with van der Waals surface area (Å²) in [5.41, 5.74) is -1.22. The van der Waals surface area contributed by atoms with E-state index in [9.17, 15) is 4.79 Å². The van der Waals surface area contributed by atoms with Gasteiger partial charge in [0, 0.05) is 0 Å². The highest BCUT2D eigenvalue weighted by Gasteiger charge is 2.57. The van der Waals surface area contributed by atoms with E-state index in [1.807, 2.05) is 55.4 Å². The van der Waals surface area contributed by atoms with Crippen molar-refractivity contribution in [3.63, 3.8) is 0 Å². The number of carbonyl (C=O) groups is 1. The Balaban J connectivity index is 2.43. The molecule has 0 N–H and O–H groups in total. The maximum Gasteiger partial charge on any atom is 0.501 e. The zero-order valence-corrected chi connectivity index (χ0v) is 17.8. The molecule has 2 aliphatic rings. The Morgan fingerprint density at radius 3 is 1.46 bits per heavy atom. The summed E-state index contributed by atoms with van der Waals surface area (Å²) < 4.78 is 29.6. The van der Waals surface area contributed by atoms with Crippen LogP contribution in [0.1, 0.15) is 69.2 Å². The molecule has 2 rings (SSSR count). The zero-order chi connectivity index (χ0) is 20.1. The Morgan fingerprint density at radius 2 is 1.12 bits per heavy atom. The van der Waals surface area contributed by atoms with Crippen LogP contribution in [-0.4, -0.2) is 49.2 Å². The normalized spacial score (nSPS) is 26.7. The smallest absolute Gasteiger partial charge is 0.463 e. The van der Waals surface area contributed by atoms with Crippen molar-refractivity contribution in [2.75, 3.05) is 6.61 Å². The van der Waals surface area contributed by atoms with Gasteiger partial charge in [-0.3, -0.25) is 0 Å². The Labute approximate surface area is 158 Å². The first-order valence-electron chi connectivity index (χ1n) is 9.24. The standard InChI is InChI=1S/C18H32B2O6/c1-11-22-14(21)13(20-25-17(7,8)18(9,10)26-20)12(2)19-23-15(3,4)16(5,6)24-19/h11H2,1-10H3/b13-12-. The van der Waals surface area contributed by atoms with E-state index in [0.29, 0.717) is 10.9 Å². The maximum absolute atomic E-state index is 12.7. The summed E-state index contributed by atoms with van der Waals surface area (Å²) in [6.45, 7) is 19.5. The fourth-order valence-corrected chi connectivity index (χ4v) is 2.76. The van der Waals surface area contributed by atoms with Crippen molar-refractivity contribution < 1.29 is 28.1 Å². The van der Waals surface area contributed by atoms with Crippen molar-refractivity contribution >= 4 is 20.2 Å². The molecule has 146 valence electrons. The van der Waals surface area contributed by atoms with Gasteiger partial charge in [-0.05, 0) is 74.7 Å². The van der Waals surface area contributed by atoms with Crippen LogP contribution in [0.2, 0.25) is 0 Å². The van der Waals surface area contributed by atoms with Crippen LogP contribution < -0.4 is 0 Å². The molecule has 0 spiro atoms. The molecule has 0 unspecified atom stereocenters. The molecule has 0 bridgehead atoms. The van der Waals surface area contributed by atoms with Gasteiger partial charge >= 0.3 is 20.2 Å². The van der Waals surface area contributed by atoms with Gasteiger partial charge in [-0.2, -0.15) is 0 Å². The molecule has 26 heavy (non-hydrogen) atoms. The van der Waals surface area contributed by atoms with Gasteiger partial charge in [0.05, 0.1) is 34.5 Å². The number of esters is 1. The van der Waals surface area contributed by atoms with Crippen molar-refractivity contribution in [3.05, 3.63) is 10.9 Å². The molecule has 2 aliphatic heterocycles. The lowest BCUT2D eigenvalue weighted by Gasteiger charge is -2.32. The van der Waals surface area contributed by atoms with Gasteiger partial charge in [0.25, 0.3) is 0 Å². The average Bonchev–Trinajstić information content (AvgIpc) is 2.78. The molecule has 8 heteroatoms. The summed E-state index contributed by atoms with van der Waals surface area (Å²) in [6.07, 6.45) is 0. The quantitative estimate of drug-likeness (QED) is 0.433. The second-order valence-corrected chi connectivity index (χ2v) is 8.99. The molecule has 0 aromatic heterocycles. The highest BCUT2D eigenvalue weighted by Crippen LogP contribution is 2.42. The van der Waals surface area contributed by atoms with Crippen LogP contribution in [0.3, 0.4) is 0 Å². The minimum Gasteiger partial charge on any atom is -0.463 e. The van der Waals surface area contributed by atoms with E-state index in [0.717, 1.165) is 0 Å². The second-order valence-electron chi connectivity index (χ2n) is 8.99. The first-order valence-corrected chi connectivity index (χ1v) is 9.24. The fraction of sp³-hybridized carbons (Fsp3) is 0.833. The Hall–Kier alpha value is -0.820. The number of allylic oxidation sites excluding steroid dienone is 1. The van der Waals surface area contributed by atoms with E-state index >= 15 is 0 Å². The van der Waals surface area contributed by atoms with Gasteiger partial charge in [-0.1, -0.05) is 0 Å². The van der Waals surface area contributed by atoms with Crippen LogP contribution >= 0.6 is 0 Å². The molecule has 0 radical (unpaired) electrons. The predicted octanol–water partition coefficient (Wildman–Crippen LogP) is 3.13. The van der Waals surface area contributed by atoms with Crippen molar-refractivity contribution in [1.29, 1.82) is 0 Å². The van der Waals surface area contributed by atoms with Crippen LogP contribution in [0.25, 0.3) is 0 Å². The van der Waals surface area contributed by atoms with Gasteiger partial charge in [-0.15, -0.1) is 0 Å². The van der Waals surface area contributed by atoms with Gasteiger partial charge in [0.15, 0.2) is 0 Å². The van der Waals surface area contributed by atoms with Gasteiger partial charge in [-0.25, -0.2) is 4.79 Å². The van der Waals surface area contributed by atoms with E-state index in [4.69, 9.17) is 23.4 Å². The number of rotatable bonds is 4. The van der Waals surface area contributed by atoms with Crippen molar-refractivity contribution in [1.82, 2.24) is 0 Å². The number of hydrogen-bond acceptors (Lipinski definition) is 6. The van der Waals surface area contributed by atoms with Crippen LogP contribution in [-0.2, 0) is 28.1 Å². The van der Waals surface area contributed by atoms with Crippen molar-refractivity contribution in [3.8, 4) is 0 Å². The molecule has 0 aromatic rings. The third kappa shape index (κ3) is 3.61. The Morgan fingerprint density at radius 1 is 0.769 bits per heavy atom. The summed E-state index contributed by atoms with van der Waals surface area (Å²) in [4.78, 5) is 12.7. The van der Waals surface area contributed by atoms with E-state index in [2.05, 4.69) is 0 Å². The molecular formula is C18H32B2O6. The lowest BCUT2D eigenvalue weighted by atomic mass is 9.65. The topological polar surface area (TPSA) is 63.2 Å². The molecular weight excluding hydrogens is 334 g/mol. The van der Waals surface area contributed by atoms with Crippen LogP contribution in [0.15, 0.2) is 10.9 Å². The molecule has 0 aromatic carbocycles. The summed E-state index contributed by atoms with van der Waals surface area (Å²) >= 11 is 0. The van der Waals surface area contributed by atoms with E-state index in [-0.39, 0.29) is 6.61 Å². The molecule has 0 amide bonds. The summed E-state index contributed by atoms with van der Waals surface area (Å²) in [5.74, 6) is -0.474. The maximum atomic E-state index is 12.7. The molecule has 6 nitrogen and oxygen atoms in total. The Kier molecular flexibility index (Phi) is 5.50. The van der Waals surface area contributed by atoms with Gasteiger partial charge < -0.3 is 23.4 Å². The molecule has 0 atom stereocenters. The van der Waals surface area contributed by atoms with Crippen molar-refractivity contribution in [2.24, 2.45) is 0 Å². The number of hydrogen-bond donors (Lipinski definition) is 0. The van der Waals surface area contributed by atoms with E-state index < -0.39 is 42.6 Å². The predicted molar refractivity (Wildman–Crippen MR) is 101 cm³/mol. The minimum atomic E-state index is -0.835. The van der Waals surface area contributed by atoms with Crippen molar-refractivity contribution in [2.45, 2.75) is 91.6 Å². The molecule has 0 aliphatic carbocycles. The highest BCUT2D eigenvalue weighted by atomic mass is 16.7. The lowest BCUT2D eigenvalue weighted by Crippen LogP contribution is -2.41. The third-order valence-electron chi connectivity index (χ3n) is 6.02. The summed E-state index contributed by atoms with van der Waals surface area (Å²) in [6, 6.07) is 0. The number of carbonyl (C=O) groups excluding carboxylic acids is 1. The first-order chi connectivity index (χ1) is 11.7. The summed E-state index contributed by atoms with van der Waals surface area (Å²) in [5, 5.41) is 0.